The average molecular weight is 317 g/mol. The Balaban J connectivity index is 1.81. The molecule has 0 heterocycles. The van der Waals surface area contributed by atoms with E-state index in [0.717, 1.165) is 17.9 Å². The van der Waals surface area contributed by atoms with Gasteiger partial charge >= 0.3 is 0 Å². The van der Waals surface area contributed by atoms with Gasteiger partial charge in [0.05, 0.1) is 12.7 Å². The molecule has 2 unspecified atom stereocenters. The molecular formula is C16H29BrO. The minimum Gasteiger partial charge on any atom is -0.378 e. The van der Waals surface area contributed by atoms with Crippen LogP contribution in [0.3, 0.4) is 0 Å². The van der Waals surface area contributed by atoms with Gasteiger partial charge in [-0.25, -0.2) is 0 Å². The number of ether oxygens (including phenoxy) is 1. The molecular weight excluding hydrogens is 288 g/mol. The fourth-order valence-electron chi connectivity index (χ4n) is 3.62. The van der Waals surface area contributed by atoms with Crippen LogP contribution < -0.4 is 0 Å². The molecule has 18 heavy (non-hydrogen) atoms. The SMILES string of the molecule is CC1CCCC(OCC2(CBr)CCCCCC2)C1. The molecule has 0 aromatic rings. The molecule has 0 N–H and O–H groups in total. The summed E-state index contributed by atoms with van der Waals surface area (Å²) in [6.45, 7) is 3.37. The van der Waals surface area contributed by atoms with E-state index in [2.05, 4.69) is 22.9 Å². The second-order valence-corrected chi connectivity index (χ2v) is 7.31. The van der Waals surface area contributed by atoms with E-state index in [1.165, 1.54) is 64.2 Å². The maximum atomic E-state index is 6.31. The number of hydrogen-bond donors (Lipinski definition) is 0. The van der Waals surface area contributed by atoms with Gasteiger partial charge < -0.3 is 4.74 Å². The molecule has 0 spiro atoms. The topological polar surface area (TPSA) is 9.23 Å². The van der Waals surface area contributed by atoms with Gasteiger partial charge in [0.25, 0.3) is 0 Å². The van der Waals surface area contributed by atoms with Gasteiger partial charge in [-0.3, -0.25) is 0 Å². The Morgan fingerprint density at radius 3 is 2.39 bits per heavy atom. The zero-order valence-electron chi connectivity index (χ0n) is 11.9. The summed E-state index contributed by atoms with van der Waals surface area (Å²) in [6.07, 6.45) is 14.3. The third kappa shape index (κ3) is 4.23. The molecule has 0 amide bonds. The molecule has 0 radical (unpaired) electrons. The number of halogens is 1. The van der Waals surface area contributed by atoms with Crippen molar-refractivity contribution >= 4 is 15.9 Å². The van der Waals surface area contributed by atoms with E-state index in [4.69, 9.17) is 4.74 Å². The predicted octanol–water partition coefficient (Wildman–Crippen LogP) is 5.32. The van der Waals surface area contributed by atoms with Crippen molar-refractivity contribution < 1.29 is 4.74 Å². The molecule has 0 aromatic carbocycles. The lowest BCUT2D eigenvalue weighted by Gasteiger charge is -2.34. The van der Waals surface area contributed by atoms with Crippen molar-refractivity contribution in [2.24, 2.45) is 11.3 Å². The molecule has 106 valence electrons. The van der Waals surface area contributed by atoms with Crippen molar-refractivity contribution in [2.45, 2.75) is 77.2 Å². The minimum absolute atomic E-state index is 0.442. The summed E-state index contributed by atoms with van der Waals surface area (Å²) in [7, 11) is 0. The lowest BCUT2D eigenvalue weighted by atomic mass is 9.83. The average Bonchev–Trinajstić information content (AvgIpc) is 2.63. The van der Waals surface area contributed by atoms with Crippen LogP contribution in [-0.2, 0) is 4.74 Å². The quantitative estimate of drug-likeness (QED) is 0.504. The Morgan fingerprint density at radius 1 is 1.06 bits per heavy atom. The summed E-state index contributed by atoms with van der Waals surface area (Å²) in [5.74, 6) is 0.873. The first-order valence-electron chi connectivity index (χ1n) is 7.92. The van der Waals surface area contributed by atoms with Crippen LogP contribution in [0.4, 0.5) is 0 Å². The van der Waals surface area contributed by atoms with E-state index in [1.54, 1.807) is 0 Å². The first kappa shape index (κ1) is 14.8. The van der Waals surface area contributed by atoms with Crippen LogP contribution in [0, 0.1) is 11.3 Å². The van der Waals surface area contributed by atoms with Gasteiger partial charge in [0.15, 0.2) is 0 Å². The van der Waals surface area contributed by atoms with Crippen LogP contribution in [0.25, 0.3) is 0 Å². The molecule has 2 saturated carbocycles. The van der Waals surface area contributed by atoms with Crippen molar-refractivity contribution in [3.8, 4) is 0 Å². The van der Waals surface area contributed by atoms with Crippen LogP contribution in [-0.4, -0.2) is 18.0 Å². The molecule has 2 aliphatic carbocycles. The second-order valence-electron chi connectivity index (χ2n) is 6.75. The van der Waals surface area contributed by atoms with Gasteiger partial charge in [-0.2, -0.15) is 0 Å². The van der Waals surface area contributed by atoms with Crippen LogP contribution in [0.15, 0.2) is 0 Å². The minimum atomic E-state index is 0.442. The van der Waals surface area contributed by atoms with Gasteiger partial charge in [-0.15, -0.1) is 0 Å². The summed E-state index contributed by atoms with van der Waals surface area (Å²) in [6, 6.07) is 0. The Morgan fingerprint density at radius 2 is 1.78 bits per heavy atom. The summed E-state index contributed by atoms with van der Waals surface area (Å²) in [5, 5.41) is 1.13. The highest BCUT2D eigenvalue weighted by molar-refractivity contribution is 9.09. The predicted molar refractivity (Wildman–Crippen MR) is 81.3 cm³/mol. The molecule has 2 atom stereocenters. The van der Waals surface area contributed by atoms with E-state index in [-0.39, 0.29) is 0 Å². The van der Waals surface area contributed by atoms with Gasteiger partial charge in [0.2, 0.25) is 0 Å². The largest absolute Gasteiger partial charge is 0.378 e. The third-order valence-corrected chi connectivity index (χ3v) is 6.15. The normalized spacial score (nSPS) is 33.0. The highest BCUT2D eigenvalue weighted by atomic mass is 79.9. The monoisotopic (exact) mass is 316 g/mol. The maximum absolute atomic E-state index is 6.31. The van der Waals surface area contributed by atoms with Crippen LogP contribution in [0.1, 0.15) is 71.1 Å². The summed E-state index contributed by atoms with van der Waals surface area (Å²) < 4.78 is 6.31. The van der Waals surface area contributed by atoms with Gasteiger partial charge in [0.1, 0.15) is 0 Å². The fraction of sp³-hybridized carbons (Fsp3) is 1.00. The van der Waals surface area contributed by atoms with Crippen LogP contribution in [0.2, 0.25) is 0 Å². The summed E-state index contributed by atoms with van der Waals surface area (Å²) in [4.78, 5) is 0. The Hall–Kier alpha value is 0.440. The van der Waals surface area contributed by atoms with Crippen molar-refractivity contribution in [1.29, 1.82) is 0 Å². The van der Waals surface area contributed by atoms with E-state index in [1.807, 2.05) is 0 Å². The summed E-state index contributed by atoms with van der Waals surface area (Å²) in [5.41, 5.74) is 0.442. The maximum Gasteiger partial charge on any atom is 0.0578 e. The van der Waals surface area contributed by atoms with Crippen molar-refractivity contribution in [3.63, 3.8) is 0 Å². The highest BCUT2D eigenvalue weighted by Crippen LogP contribution is 2.38. The van der Waals surface area contributed by atoms with Crippen molar-refractivity contribution in [1.82, 2.24) is 0 Å². The van der Waals surface area contributed by atoms with Crippen molar-refractivity contribution in [2.75, 3.05) is 11.9 Å². The van der Waals surface area contributed by atoms with E-state index >= 15 is 0 Å². The van der Waals surface area contributed by atoms with Gasteiger partial charge in [-0.1, -0.05) is 61.4 Å². The van der Waals surface area contributed by atoms with Crippen molar-refractivity contribution in [3.05, 3.63) is 0 Å². The molecule has 2 heteroatoms. The molecule has 1 nitrogen and oxygen atoms in total. The first-order valence-corrected chi connectivity index (χ1v) is 9.04. The fourth-order valence-corrected chi connectivity index (χ4v) is 4.34. The smallest absolute Gasteiger partial charge is 0.0578 e. The Bertz CT molecular complexity index is 233. The third-order valence-electron chi connectivity index (χ3n) is 4.96. The molecule has 0 bridgehead atoms. The highest BCUT2D eigenvalue weighted by Gasteiger charge is 2.31. The first-order chi connectivity index (χ1) is 8.74. The Kier molecular flexibility index (Phi) is 6.00. The molecule has 0 saturated heterocycles. The standard InChI is InChI=1S/C16H29BrO/c1-14-7-6-8-15(11-14)18-13-16(12-17)9-4-2-3-5-10-16/h14-15H,2-13H2,1H3. The summed E-state index contributed by atoms with van der Waals surface area (Å²) >= 11 is 3.76. The van der Waals surface area contributed by atoms with Crippen LogP contribution >= 0.6 is 15.9 Å². The number of rotatable bonds is 4. The zero-order chi connectivity index (χ0) is 12.8. The lowest BCUT2D eigenvalue weighted by Crippen LogP contribution is -2.32. The molecule has 2 rings (SSSR count). The lowest BCUT2D eigenvalue weighted by molar-refractivity contribution is -0.0312. The zero-order valence-corrected chi connectivity index (χ0v) is 13.5. The van der Waals surface area contributed by atoms with E-state index in [0.29, 0.717) is 11.5 Å². The molecule has 2 fully saturated rings. The number of alkyl halides is 1. The molecule has 0 aliphatic heterocycles. The van der Waals surface area contributed by atoms with Crippen LogP contribution in [0.5, 0.6) is 0 Å². The van der Waals surface area contributed by atoms with E-state index < -0.39 is 0 Å². The second kappa shape index (κ2) is 7.28. The molecule has 2 aliphatic rings. The van der Waals surface area contributed by atoms with Gasteiger partial charge in [0, 0.05) is 10.7 Å². The van der Waals surface area contributed by atoms with E-state index in [9.17, 15) is 0 Å². The molecule has 0 aromatic heterocycles. The number of hydrogen-bond acceptors (Lipinski definition) is 1. The Labute approximate surface area is 121 Å². The van der Waals surface area contributed by atoms with Gasteiger partial charge in [-0.05, 0) is 31.6 Å².